The highest BCUT2D eigenvalue weighted by atomic mass is 16.1. The minimum absolute atomic E-state index is 0.165. The number of hydrogen-bond donors (Lipinski definition) is 3. The number of aromatic nitrogens is 1. The topological polar surface area (TPSA) is 70.9 Å². The number of nitrogens with one attached hydrogen (secondary N) is 2. The molecule has 1 amide bonds. The fourth-order valence-corrected chi connectivity index (χ4v) is 2.01. The Morgan fingerprint density at radius 1 is 1.11 bits per heavy atom. The monoisotopic (exact) mass is 251 g/mol. The maximum atomic E-state index is 12.1. The molecule has 0 spiro atoms. The van der Waals surface area contributed by atoms with Gasteiger partial charge in [-0.05, 0) is 42.5 Å². The van der Waals surface area contributed by atoms with E-state index in [4.69, 9.17) is 5.73 Å². The molecule has 4 N–H and O–H groups in total. The Hall–Kier alpha value is -2.75. The number of carbonyl (C=O) groups is 1. The molecule has 94 valence electrons. The Balaban J connectivity index is 1.86. The minimum Gasteiger partial charge on any atom is -0.399 e. The molecule has 0 radical (unpaired) electrons. The number of carbonyl (C=O) groups excluding carboxylic acids is 1. The quantitative estimate of drug-likeness (QED) is 0.613. The maximum absolute atomic E-state index is 12.1. The van der Waals surface area contributed by atoms with Gasteiger partial charge in [-0.25, -0.2) is 0 Å². The summed E-state index contributed by atoms with van der Waals surface area (Å²) in [7, 11) is 0. The van der Waals surface area contributed by atoms with Gasteiger partial charge >= 0.3 is 0 Å². The van der Waals surface area contributed by atoms with E-state index in [1.54, 1.807) is 24.3 Å². The number of aromatic amines is 1. The van der Waals surface area contributed by atoms with Gasteiger partial charge in [0.1, 0.15) is 0 Å². The summed E-state index contributed by atoms with van der Waals surface area (Å²) in [5.74, 6) is -0.165. The van der Waals surface area contributed by atoms with Crippen LogP contribution < -0.4 is 11.1 Å². The van der Waals surface area contributed by atoms with E-state index in [1.165, 1.54) is 0 Å². The van der Waals surface area contributed by atoms with E-state index in [1.807, 2.05) is 30.5 Å². The zero-order valence-corrected chi connectivity index (χ0v) is 10.2. The lowest BCUT2D eigenvalue weighted by atomic mass is 10.1. The van der Waals surface area contributed by atoms with Crippen molar-refractivity contribution in [3.05, 3.63) is 60.3 Å². The van der Waals surface area contributed by atoms with Crippen molar-refractivity contribution in [3.63, 3.8) is 0 Å². The van der Waals surface area contributed by atoms with E-state index in [9.17, 15) is 4.79 Å². The van der Waals surface area contributed by atoms with Crippen LogP contribution in [0.2, 0.25) is 0 Å². The molecule has 0 aliphatic rings. The van der Waals surface area contributed by atoms with Crippen molar-refractivity contribution in [1.29, 1.82) is 0 Å². The van der Waals surface area contributed by atoms with Crippen LogP contribution >= 0.6 is 0 Å². The Bertz CT molecular complexity index is 746. The van der Waals surface area contributed by atoms with Crippen LogP contribution in [0.4, 0.5) is 11.4 Å². The maximum Gasteiger partial charge on any atom is 0.255 e. The van der Waals surface area contributed by atoms with E-state index in [-0.39, 0.29) is 5.91 Å². The molecule has 3 rings (SSSR count). The Kier molecular flexibility index (Phi) is 2.68. The van der Waals surface area contributed by atoms with Crippen LogP contribution in [0.1, 0.15) is 10.4 Å². The van der Waals surface area contributed by atoms with Gasteiger partial charge in [0.05, 0.1) is 0 Å². The summed E-state index contributed by atoms with van der Waals surface area (Å²) >= 11 is 0. The summed E-state index contributed by atoms with van der Waals surface area (Å²) in [5.41, 5.74) is 8.60. The first-order valence-electron chi connectivity index (χ1n) is 5.96. The molecule has 0 bridgehead atoms. The molecule has 0 unspecified atom stereocenters. The fourth-order valence-electron chi connectivity index (χ4n) is 2.01. The lowest BCUT2D eigenvalue weighted by Gasteiger charge is -2.06. The molecule has 0 aliphatic carbocycles. The molecule has 1 heterocycles. The number of anilines is 2. The molecule has 0 saturated carbocycles. The summed E-state index contributed by atoms with van der Waals surface area (Å²) in [6.07, 6.45) is 1.87. The molecule has 1 aromatic heterocycles. The third-order valence-corrected chi connectivity index (χ3v) is 2.96. The lowest BCUT2D eigenvalue weighted by Crippen LogP contribution is -2.11. The largest absolute Gasteiger partial charge is 0.399 e. The van der Waals surface area contributed by atoms with Gasteiger partial charge in [0, 0.05) is 34.0 Å². The first kappa shape index (κ1) is 11.3. The second kappa shape index (κ2) is 4.49. The molecule has 4 heteroatoms. The van der Waals surface area contributed by atoms with Crippen LogP contribution in [-0.4, -0.2) is 10.9 Å². The zero-order chi connectivity index (χ0) is 13.2. The Morgan fingerprint density at radius 3 is 2.84 bits per heavy atom. The molecule has 0 aliphatic heterocycles. The molecular formula is C15H13N3O. The van der Waals surface area contributed by atoms with Crippen molar-refractivity contribution in [3.8, 4) is 0 Å². The van der Waals surface area contributed by atoms with Crippen molar-refractivity contribution in [2.45, 2.75) is 0 Å². The number of nitrogens with two attached hydrogens (primary N) is 1. The third kappa shape index (κ3) is 2.28. The number of amides is 1. The fraction of sp³-hybridized carbons (Fsp3) is 0. The molecule has 0 fully saturated rings. The van der Waals surface area contributed by atoms with Crippen molar-refractivity contribution in [1.82, 2.24) is 4.98 Å². The smallest absolute Gasteiger partial charge is 0.255 e. The average Bonchev–Trinajstić information content (AvgIpc) is 2.86. The van der Waals surface area contributed by atoms with Gasteiger partial charge < -0.3 is 16.0 Å². The molecule has 0 saturated heterocycles. The van der Waals surface area contributed by atoms with Crippen LogP contribution in [0.15, 0.2) is 54.7 Å². The standard InChI is InChI=1S/C15H13N3O/c16-12-3-1-2-11(8-12)15(19)18-13-4-5-14-10(9-13)6-7-17-14/h1-9,17H,16H2,(H,18,19). The van der Waals surface area contributed by atoms with Crippen molar-refractivity contribution < 1.29 is 4.79 Å². The molecule has 3 aromatic rings. The van der Waals surface area contributed by atoms with Gasteiger partial charge in [-0.15, -0.1) is 0 Å². The van der Waals surface area contributed by atoms with Gasteiger partial charge in [-0.1, -0.05) is 6.07 Å². The Labute approximate surface area is 110 Å². The molecule has 4 nitrogen and oxygen atoms in total. The summed E-state index contributed by atoms with van der Waals surface area (Å²) in [6, 6.07) is 14.6. The van der Waals surface area contributed by atoms with Crippen LogP contribution in [-0.2, 0) is 0 Å². The van der Waals surface area contributed by atoms with Crippen LogP contribution in [0.25, 0.3) is 10.9 Å². The number of fused-ring (bicyclic) bond motifs is 1. The highest BCUT2D eigenvalue weighted by Crippen LogP contribution is 2.18. The van der Waals surface area contributed by atoms with Crippen LogP contribution in [0, 0.1) is 0 Å². The highest BCUT2D eigenvalue weighted by molar-refractivity contribution is 6.05. The molecule has 0 atom stereocenters. The third-order valence-electron chi connectivity index (χ3n) is 2.96. The Morgan fingerprint density at radius 2 is 2.00 bits per heavy atom. The molecule has 2 aromatic carbocycles. The number of benzene rings is 2. The molecular weight excluding hydrogens is 238 g/mol. The van der Waals surface area contributed by atoms with Gasteiger partial charge in [-0.2, -0.15) is 0 Å². The minimum atomic E-state index is -0.165. The number of H-pyrrole nitrogens is 1. The predicted octanol–water partition coefficient (Wildman–Crippen LogP) is 3.00. The summed E-state index contributed by atoms with van der Waals surface area (Å²) in [6.45, 7) is 0. The summed E-state index contributed by atoms with van der Waals surface area (Å²) in [5, 5.41) is 3.92. The van der Waals surface area contributed by atoms with Gasteiger partial charge in [-0.3, -0.25) is 4.79 Å². The normalized spacial score (nSPS) is 10.5. The van der Waals surface area contributed by atoms with Crippen LogP contribution in [0.3, 0.4) is 0 Å². The van der Waals surface area contributed by atoms with E-state index in [0.29, 0.717) is 11.3 Å². The number of rotatable bonds is 2. The summed E-state index contributed by atoms with van der Waals surface area (Å²) in [4.78, 5) is 15.2. The lowest BCUT2D eigenvalue weighted by molar-refractivity contribution is 0.102. The van der Waals surface area contributed by atoms with E-state index in [0.717, 1.165) is 16.6 Å². The SMILES string of the molecule is Nc1cccc(C(=O)Nc2ccc3[nH]ccc3c2)c1. The van der Waals surface area contributed by atoms with Crippen molar-refractivity contribution in [2.75, 3.05) is 11.1 Å². The van der Waals surface area contributed by atoms with Crippen LogP contribution in [0.5, 0.6) is 0 Å². The summed E-state index contributed by atoms with van der Waals surface area (Å²) < 4.78 is 0. The van der Waals surface area contributed by atoms with Gasteiger partial charge in [0.2, 0.25) is 0 Å². The van der Waals surface area contributed by atoms with Gasteiger partial charge in [0.25, 0.3) is 5.91 Å². The van der Waals surface area contributed by atoms with E-state index >= 15 is 0 Å². The number of hydrogen-bond acceptors (Lipinski definition) is 2. The predicted molar refractivity (Wildman–Crippen MR) is 77.1 cm³/mol. The second-order valence-electron chi connectivity index (χ2n) is 4.36. The zero-order valence-electron chi connectivity index (χ0n) is 10.2. The van der Waals surface area contributed by atoms with E-state index in [2.05, 4.69) is 10.3 Å². The first-order chi connectivity index (χ1) is 9.22. The van der Waals surface area contributed by atoms with Crippen molar-refractivity contribution >= 4 is 28.2 Å². The molecule has 19 heavy (non-hydrogen) atoms. The van der Waals surface area contributed by atoms with E-state index < -0.39 is 0 Å². The second-order valence-corrected chi connectivity index (χ2v) is 4.36. The first-order valence-corrected chi connectivity index (χ1v) is 5.96. The average molecular weight is 251 g/mol. The highest BCUT2D eigenvalue weighted by Gasteiger charge is 2.06. The van der Waals surface area contributed by atoms with Gasteiger partial charge in [0.15, 0.2) is 0 Å². The van der Waals surface area contributed by atoms with Crippen molar-refractivity contribution in [2.24, 2.45) is 0 Å². The number of nitrogen functional groups attached to an aromatic ring is 1.